The summed E-state index contributed by atoms with van der Waals surface area (Å²) >= 11 is 0. The molecule has 0 saturated carbocycles. The van der Waals surface area contributed by atoms with Gasteiger partial charge in [-0.2, -0.15) is 0 Å². The van der Waals surface area contributed by atoms with Crippen LogP contribution in [0.5, 0.6) is 0 Å². The Labute approximate surface area is 173 Å². The van der Waals surface area contributed by atoms with E-state index in [1.807, 2.05) is 46.2 Å². The van der Waals surface area contributed by atoms with Crippen molar-refractivity contribution >= 4 is 17.5 Å². The zero-order valence-corrected chi connectivity index (χ0v) is 16.3. The lowest BCUT2D eigenvalue weighted by Gasteiger charge is -2.36. The lowest BCUT2D eigenvalue weighted by atomic mass is 10.2. The predicted molar refractivity (Wildman–Crippen MR) is 113 cm³/mol. The number of carbonyl (C=O) groups is 1. The fourth-order valence-corrected chi connectivity index (χ4v) is 3.45. The second kappa shape index (κ2) is 8.77. The molecule has 7 nitrogen and oxygen atoms in total. The van der Waals surface area contributed by atoms with Crippen molar-refractivity contribution in [3.05, 3.63) is 88.1 Å². The molecule has 1 aliphatic rings. The number of hydrogen-bond acceptors (Lipinski definition) is 5. The maximum Gasteiger partial charge on any atom is 0.265 e. The first kappa shape index (κ1) is 19.6. The van der Waals surface area contributed by atoms with E-state index in [1.165, 1.54) is 12.3 Å². The Kier molecular flexibility index (Phi) is 5.74. The first-order valence-corrected chi connectivity index (χ1v) is 9.77. The first-order chi connectivity index (χ1) is 14.6. The summed E-state index contributed by atoms with van der Waals surface area (Å²) in [4.78, 5) is 35.6. The van der Waals surface area contributed by atoms with Gasteiger partial charge in [-0.3, -0.25) is 14.6 Å². The summed E-state index contributed by atoms with van der Waals surface area (Å²) in [6.45, 7) is 2.69. The number of carbonyl (C=O) groups excluding carboxylic acids is 1. The highest BCUT2D eigenvalue weighted by molar-refractivity contribution is 5.93. The van der Waals surface area contributed by atoms with E-state index >= 15 is 0 Å². The lowest BCUT2D eigenvalue weighted by molar-refractivity contribution is 0.0949. The molecule has 4 rings (SSSR count). The summed E-state index contributed by atoms with van der Waals surface area (Å²) < 4.78 is 14.0. The average Bonchev–Trinajstić information content (AvgIpc) is 2.78. The number of H-pyrrole nitrogens is 1. The van der Waals surface area contributed by atoms with Gasteiger partial charge in [-0.25, -0.2) is 9.37 Å². The van der Waals surface area contributed by atoms with Crippen LogP contribution in [0.4, 0.5) is 16.0 Å². The van der Waals surface area contributed by atoms with Gasteiger partial charge >= 0.3 is 0 Å². The summed E-state index contributed by atoms with van der Waals surface area (Å²) in [6.07, 6.45) is 1.30. The molecular formula is C22H22FN5O2. The van der Waals surface area contributed by atoms with E-state index in [0.29, 0.717) is 44.4 Å². The topological polar surface area (TPSA) is 81.3 Å². The maximum absolute atomic E-state index is 14.0. The van der Waals surface area contributed by atoms with Crippen LogP contribution in [0.2, 0.25) is 0 Å². The molecule has 0 aliphatic carbocycles. The SMILES string of the molecule is O=C(NCc1ccccc1)c1cnc(N2CCN(c3ccccc3F)CC2)[nH]c1=O. The molecule has 0 bridgehead atoms. The highest BCUT2D eigenvalue weighted by Gasteiger charge is 2.21. The number of nitrogens with zero attached hydrogens (tertiary/aromatic N) is 3. The zero-order chi connectivity index (χ0) is 20.9. The summed E-state index contributed by atoms with van der Waals surface area (Å²) in [6, 6.07) is 16.1. The second-order valence-electron chi connectivity index (χ2n) is 7.04. The minimum atomic E-state index is -0.484. The molecule has 1 saturated heterocycles. The molecule has 154 valence electrons. The van der Waals surface area contributed by atoms with Crippen LogP contribution in [-0.4, -0.2) is 42.1 Å². The van der Waals surface area contributed by atoms with Gasteiger partial charge in [0.05, 0.1) is 5.69 Å². The normalized spacial score (nSPS) is 13.9. The van der Waals surface area contributed by atoms with E-state index in [2.05, 4.69) is 15.3 Å². The summed E-state index contributed by atoms with van der Waals surface area (Å²) in [7, 11) is 0. The summed E-state index contributed by atoms with van der Waals surface area (Å²) in [5.74, 6) is -0.306. The fourth-order valence-electron chi connectivity index (χ4n) is 3.45. The first-order valence-electron chi connectivity index (χ1n) is 9.77. The maximum atomic E-state index is 14.0. The van der Waals surface area contributed by atoms with Crippen molar-refractivity contribution in [1.29, 1.82) is 0 Å². The van der Waals surface area contributed by atoms with Crippen LogP contribution in [0.3, 0.4) is 0 Å². The molecule has 1 amide bonds. The summed E-state index contributed by atoms with van der Waals surface area (Å²) in [5, 5.41) is 2.73. The Morgan fingerprint density at radius 3 is 2.37 bits per heavy atom. The number of aromatic amines is 1. The highest BCUT2D eigenvalue weighted by atomic mass is 19.1. The summed E-state index contributed by atoms with van der Waals surface area (Å²) in [5.41, 5.74) is 1.00. The Balaban J connectivity index is 1.38. The molecule has 2 N–H and O–H groups in total. The van der Waals surface area contributed by atoms with Crippen LogP contribution in [0, 0.1) is 5.82 Å². The molecule has 0 atom stereocenters. The van der Waals surface area contributed by atoms with Crippen LogP contribution in [0.25, 0.3) is 0 Å². The molecule has 3 aromatic rings. The molecule has 0 unspecified atom stereocenters. The minimum Gasteiger partial charge on any atom is -0.366 e. The third kappa shape index (κ3) is 4.32. The number of nitrogens with one attached hydrogen (secondary N) is 2. The molecule has 1 aliphatic heterocycles. The Morgan fingerprint density at radius 2 is 1.67 bits per heavy atom. The van der Waals surface area contributed by atoms with E-state index < -0.39 is 11.5 Å². The van der Waals surface area contributed by atoms with Gasteiger partial charge in [0, 0.05) is 38.9 Å². The lowest BCUT2D eigenvalue weighted by Crippen LogP contribution is -2.48. The number of halogens is 1. The van der Waals surface area contributed by atoms with E-state index in [-0.39, 0.29) is 11.4 Å². The van der Waals surface area contributed by atoms with E-state index in [9.17, 15) is 14.0 Å². The number of anilines is 2. The van der Waals surface area contributed by atoms with E-state index in [0.717, 1.165) is 5.56 Å². The highest BCUT2D eigenvalue weighted by Crippen LogP contribution is 2.21. The Bertz CT molecular complexity index is 1080. The monoisotopic (exact) mass is 407 g/mol. The molecule has 8 heteroatoms. The fraction of sp³-hybridized carbons (Fsp3) is 0.227. The van der Waals surface area contributed by atoms with E-state index in [4.69, 9.17) is 0 Å². The molecule has 30 heavy (non-hydrogen) atoms. The molecule has 0 spiro atoms. The molecule has 2 heterocycles. The van der Waals surface area contributed by atoms with Gasteiger partial charge < -0.3 is 15.1 Å². The van der Waals surface area contributed by atoms with Crippen molar-refractivity contribution in [3.8, 4) is 0 Å². The second-order valence-corrected chi connectivity index (χ2v) is 7.04. The number of aromatic nitrogens is 2. The minimum absolute atomic E-state index is 0.0281. The van der Waals surface area contributed by atoms with Crippen LogP contribution in [-0.2, 0) is 6.54 Å². The number of amides is 1. The van der Waals surface area contributed by atoms with Gasteiger partial charge in [-0.1, -0.05) is 42.5 Å². The average molecular weight is 407 g/mol. The largest absolute Gasteiger partial charge is 0.366 e. The molecule has 0 radical (unpaired) electrons. The molecule has 1 fully saturated rings. The standard InChI is InChI=1S/C22H22FN5O2/c23-18-8-4-5-9-19(18)27-10-12-28(13-11-27)22-25-15-17(21(30)26-22)20(29)24-14-16-6-2-1-3-7-16/h1-9,15H,10-14H2,(H,24,29)(H,25,26,30). The van der Waals surface area contributed by atoms with Gasteiger partial charge in [0.25, 0.3) is 11.5 Å². The van der Waals surface area contributed by atoms with Crippen molar-refractivity contribution < 1.29 is 9.18 Å². The number of hydrogen-bond donors (Lipinski definition) is 2. The van der Waals surface area contributed by atoms with Crippen LogP contribution < -0.4 is 20.7 Å². The number of rotatable bonds is 5. The van der Waals surface area contributed by atoms with Crippen molar-refractivity contribution in [3.63, 3.8) is 0 Å². The van der Waals surface area contributed by atoms with Gasteiger partial charge in [-0.15, -0.1) is 0 Å². The number of piperazine rings is 1. The van der Waals surface area contributed by atoms with Crippen molar-refractivity contribution in [2.45, 2.75) is 6.54 Å². The van der Waals surface area contributed by atoms with Crippen LogP contribution in [0.1, 0.15) is 15.9 Å². The number of para-hydroxylation sites is 1. The smallest absolute Gasteiger partial charge is 0.265 e. The quantitative estimate of drug-likeness (QED) is 0.678. The van der Waals surface area contributed by atoms with Gasteiger partial charge in [-0.05, 0) is 17.7 Å². The van der Waals surface area contributed by atoms with Gasteiger partial charge in [0.2, 0.25) is 5.95 Å². The van der Waals surface area contributed by atoms with Crippen molar-refractivity contribution in [2.75, 3.05) is 36.0 Å². The van der Waals surface area contributed by atoms with Crippen molar-refractivity contribution in [2.24, 2.45) is 0 Å². The van der Waals surface area contributed by atoms with Crippen LogP contribution in [0.15, 0.2) is 65.6 Å². The Morgan fingerprint density at radius 1 is 1.00 bits per heavy atom. The van der Waals surface area contributed by atoms with Gasteiger partial charge in [0.15, 0.2) is 0 Å². The Hall–Kier alpha value is -3.68. The van der Waals surface area contributed by atoms with Crippen LogP contribution >= 0.6 is 0 Å². The van der Waals surface area contributed by atoms with Gasteiger partial charge in [0.1, 0.15) is 11.4 Å². The number of benzene rings is 2. The third-order valence-corrected chi connectivity index (χ3v) is 5.10. The molecule has 2 aromatic carbocycles. The third-order valence-electron chi connectivity index (χ3n) is 5.10. The van der Waals surface area contributed by atoms with E-state index in [1.54, 1.807) is 12.1 Å². The predicted octanol–water partition coefficient (Wildman–Crippen LogP) is 2.17. The molecular weight excluding hydrogens is 385 g/mol. The molecule has 1 aromatic heterocycles. The zero-order valence-electron chi connectivity index (χ0n) is 16.3. The van der Waals surface area contributed by atoms with Crippen molar-refractivity contribution in [1.82, 2.24) is 15.3 Å².